The summed E-state index contributed by atoms with van der Waals surface area (Å²) in [4.78, 5) is 24.9. The zero-order valence-corrected chi connectivity index (χ0v) is 28.3. The topological polar surface area (TPSA) is 147 Å². The Morgan fingerprint density at radius 3 is 2.57 bits per heavy atom. The Kier molecular flexibility index (Phi) is 7.78. The molecule has 0 unspecified atom stereocenters. The van der Waals surface area contributed by atoms with E-state index in [9.17, 15) is 4.79 Å². The van der Waals surface area contributed by atoms with Gasteiger partial charge in [0, 0.05) is 48.6 Å². The fourth-order valence-corrected chi connectivity index (χ4v) is 7.69. The number of fused-ring (bicyclic) bond motifs is 3. The van der Waals surface area contributed by atoms with Crippen LogP contribution in [0, 0.1) is 0 Å². The predicted molar refractivity (Wildman–Crippen MR) is 188 cm³/mol. The molecule has 49 heavy (non-hydrogen) atoms. The Morgan fingerprint density at radius 2 is 1.80 bits per heavy atom. The minimum absolute atomic E-state index is 0.184. The van der Waals surface area contributed by atoms with Crippen LogP contribution in [0.15, 0.2) is 54.9 Å². The molecule has 1 aliphatic heterocycles. The summed E-state index contributed by atoms with van der Waals surface area (Å²) in [6.45, 7) is 7.14. The van der Waals surface area contributed by atoms with Crippen molar-refractivity contribution in [1.29, 1.82) is 0 Å². The number of amides is 1. The Morgan fingerprint density at radius 1 is 1.00 bits per heavy atom. The smallest absolute Gasteiger partial charge is 0.272 e. The van der Waals surface area contributed by atoms with Crippen LogP contribution in [0.1, 0.15) is 73.6 Å². The van der Waals surface area contributed by atoms with Crippen molar-refractivity contribution in [2.24, 2.45) is 7.05 Å². The molecular weight excluding hydrogens is 618 g/mol. The summed E-state index contributed by atoms with van der Waals surface area (Å²) in [5.74, 6) is 3.20. The number of hydrogen-bond donors (Lipinski definition) is 2. The highest BCUT2D eigenvalue weighted by molar-refractivity contribution is 6.07. The number of nitrogens with two attached hydrogens (primary N) is 1. The van der Waals surface area contributed by atoms with Crippen LogP contribution in [0.2, 0.25) is 0 Å². The molecule has 0 radical (unpaired) electrons. The van der Waals surface area contributed by atoms with E-state index in [4.69, 9.17) is 15.6 Å². The second-order valence-electron chi connectivity index (χ2n) is 13.5. The molecule has 8 rings (SSSR count). The van der Waals surface area contributed by atoms with Crippen molar-refractivity contribution in [3.8, 4) is 17.0 Å². The van der Waals surface area contributed by atoms with Gasteiger partial charge in [0.25, 0.3) is 5.91 Å². The number of nitrogens with zero attached hydrogens (tertiary/aromatic N) is 9. The Bertz CT molecular complexity index is 2190. The van der Waals surface area contributed by atoms with Crippen LogP contribution in [-0.2, 0) is 20.1 Å². The van der Waals surface area contributed by atoms with Crippen LogP contribution in [-0.4, -0.2) is 69.6 Å². The SMILES string of the molecule is COc1cc(-c2nn([C@H]3CC[C@H](N4CCn5c(nnc5C(C)C)C4)CC3)c3ncnc(N)c23)ccc1NC(=O)c1cc2ccccc2n1C. The molecule has 252 valence electrons. The Labute approximate surface area is 284 Å². The van der Waals surface area contributed by atoms with E-state index in [1.54, 1.807) is 7.11 Å². The first kappa shape index (κ1) is 31.0. The normalized spacial score (nSPS) is 18.3. The maximum Gasteiger partial charge on any atom is 0.272 e. The molecule has 6 aromatic rings. The number of aromatic nitrogens is 8. The number of aryl methyl sites for hydroxylation is 1. The van der Waals surface area contributed by atoms with Gasteiger partial charge in [-0.1, -0.05) is 38.1 Å². The molecule has 0 spiro atoms. The van der Waals surface area contributed by atoms with E-state index in [-0.39, 0.29) is 11.9 Å². The largest absolute Gasteiger partial charge is 0.495 e. The molecule has 5 heterocycles. The van der Waals surface area contributed by atoms with Crippen molar-refractivity contribution in [1.82, 2.24) is 44.0 Å². The molecule has 1 amide bonds. The van der Waals surface area contributed by atoms with E-state index in [2.05, 4.69) is 48.8 Å². The van der Waals surface area contributed by atoms with E-state index < -0.39 is 0 Å². The number of hydrogen-bond acceptors (Lipinski definition) is 9. The van der Waals surface area contributed by atoms with Crippen molar-refractivity contribution in [2.45, 2.75) is 70.6 Å². The summed E-state index contributed by atoms with van der Waals surface area (Å²) in [6.07, 6.45) is 5.59. The van der Waals surface area contributed by atoms with Gasteiger partial charge in [0.1, 0.15) is 40.9 Å². The number of rotatable bonds is 7. The third-order valence-corrected chi connectivity index (χ3v) is 10.3. The van der Waals surface area contributed by atoms with E-state index in [0.717, 1.165) is 84.5 Å². The van der Waals surface area contributed by atoms with E-state index >= 15 is 0 Å². The van der Waals surface area contributed by atoms with Crippen molar-refractivity contribution in [3.05, 3.63) is 72.2 Å². The number of benzene rings is 2. The highest BCUT2D eigenvalue weighted by atomic mass is 16.5. The van der Waals surface area contributed by atoms with Crippen LogP contribution in [0.3, 0.4) is 0 Å². The fourth-order valence-electron chi connectivity index (χ4n) is 7.69. The van der Waals surface area contributed by atoms with Gasteiger partial charge in [-0.05, 0) is 49.9 Å². The Balaban J connectivity index is 1.03. The van der Waals surface area contributed by atoms with Crippen LogP contribution >= 0.6 is 0 Å². The average molecular weight is 660 g/mol. The lowest BCUT2D eigenvalue weighted by Gasteiger charge is -2.39. The Hall–Kier alpha value is -5.30. The first-order chi connectivity index (χ1) is 23.8. The lowest BCUT2D eigenvalue weighted by molar-refractivity contribution is 0.101. The molecular formula is C36H41N11O2. The number of carbonyl (C=O) groups is 1. The molecule has 1 saturated carbocycles. The molecule has 1 fully saturated rings. The minimum atomic E-state index is -0.223. The zero-order valence-electron chi connectivity index (χ0n) is 28.3. The van der Waals surface area contributed by atoms with Gasteiger partial charge >= 0.3 is 0 Å². The van der Waals surface area contributed by atoms with Crippen molar-refractivity contribution >= 4 is 39.3 Å². The number of carbonyl (C=O) groups excluding carboxylic acids is 1. The van der Waals surface area contributed by atoms with Gasteiger partial charge in [0.15, 0.2) is 5.65 Å². The average Bonchev–Trinajstić information content (AvgIpc) is 3.83. The molecule has 0 bridgehead atoms. The van der Waals surface area contributed by atoms with Crippen molar-refractivity contribution < 1.29 is 9.53 Å². The second-order valence-corrected chi connectivity index (χ2v) is 13.5. The van der Waals surface area contributed by atoms with Gasteiger partial charge in [-0.25, -0.2) is 14.6 Å². The summed E-state index contributed by atoms with van der Waals surface area (Å²) in [7, 11) is 3.48. The maximum absolute atomic E-state index is 13.4. The standard InChI is InChI=1S/C36H41N11O2/c1-21(2)34-42-41-30-19-45(15-16-46(30)34)24-10-12-25(13-11-24)47-35-31(33(37)38-20-39-35)32(43-47)23-9-14-26(29(18-23)49-4)40-36(48)28-17-22-7-5-6-8-27(22)44(28)3/h5-9,14,17-18,20-21,24-25H,10-13,15-16,19H2,1-4H3,(H,40,48)(H2,37,38,39)/t24-,25-. The summed E-state index contributed by atoms with van der Waals surface area (Å²) >= 11 is 0. The number of methoxy groups -OCH3 is 1. The lowest BCUT2D eigenvalue weighted by atomic mass is 9.90. The van der Waals surface area contributed by atoms with Gasteiger partial charge < -0.3 is 24.9 Å². The highest BCUT2D eigenvalue weighted by Crippen LogP contribution is 2.39. The van der Waals surface area contributed by atoms with E-state index in [1.807, 2.05) is 64.8 Å². The quantitative estimate of drug-likeness (QED) is 0.225. The molecule has 3 N–H and O–H groups in total. The second kappa shape index (κ2) is 12.3. The van der Waals surface area contributed by atoms with Crippen LogP contribution < -0.4 is 15.8 Å². The van der Waals surface area contributed by atoms with Crippen LogP contribution in [0.4, 0.5) is 11.5 Å². The summed E-state index contributed by atoms with van der Waals surface area (Å²) in [5, 5.41) is 18.9. The van der Waals surface area contributed by atoms with Gasteiger partial charge in [-0.15, -0.1) is 10.2 Å². The van der Waals surface area contributed by atoms with Crippen LogP contribution in [0.5, 0.6) is 5.75 Å². The molecule has 0 atom stereocenters. The number of ether oxygens (including phenoxy) is 1. The van der Waals surface area contributed by atoms with Gasteiger partial charge in [0.2, 0.25) is 0 Å². The molecule has 13 nitrogen and oxygen atoms in total. The summed E-state index contributed by atoms with van der Waals surface area (Å²) in [5.41, 5.74) is 10.8. The van der Waals surface area contributed by atoms with Gasteiger partial charge in [0.05, 0.1) is 30.8 Å². The molecule has 2 aromatic carbocycles. The highest BCUT2D eigenvalue weighted by Gasteiger charge is 2.32. The maximum atomic E-state index is 13.4. The summed E-state index contributed by atoms with van der Waals surface area (Å²) in [6, 6.07) is 16.1. The first-order valence-corrected chi connectivity index (χ1v) is 17.0. The lowest BCUT2D eigenvalue weighted by Crippen LogP contribution is -2.43. The third-order valence-electron chi connectivity index (χ3n) is 10.3. The summed E-state index contributed by atoms with van der Waals surface area (Å²) < 4.78 is 12.0. The van der Waals surface area contributed by atoms with Crippen LogP contribution in [0.25, 0.3) is 33.2 Å². The van der Waals surface area contributed by atoms with E-state index in [1.165, 1.54) is 6.33 Å². The molecule has 13 heteroatoms. The minimum Gasteiger partial charge on any atom is -0.495 e. The van der Waals surface area contributed by atoms with Gasteiger partial charge in [-0.2, -0.15) is 5.10 Å². The number of para-hydroxylation sites is 1. The predicted octanol–water partition coefficient (Wildman–Crippen LogP) is 5.54. The first-order valence-electron chi connectivity index (χ1n) is 17.0. The molecule has 0 saturated heterocycles. The molecule has 2 aliphatic rings. The van der Waals surface area contributed by atoms with Crippen molar-refractivity contribution in [2.75, 3.05) is 24.7 Å². The third kappa shape index (κ3) is 5.38. The number of nitrogen functional groups attached to an aromatic ring is 1. The molecule has 4 aromatic heterocycles. The van der Waals surface area contributed by atoms with E-state index in [0.29, 0.717) is 40.6 Å². The fraction of sp³-hybridized carbons (Fsp3) is 0.389. The van der Waals surface area contributed by atoms with Crippen molar-refractivity contribution in [3.63, 3.8) is 0 Å². The van der Waals surface area contributed by atoms with Gasteiger partial charge in [-0.3, -0.25) is 9.69 Å². The zero-order chi connectivity index (χ0) is 33.8. The monoisotopic (exact) mass is 659 g/mol. The molecule has 1 aliphatic carbocycles. The number of nitrogens with one attached hydrogen (secondary N) is 1. The number of anilines is 2.